The van der Waals surface area contributed by atoms with E-state index in [-0.39, 0.29) is 0 Å². The highest BCUT2D eigenvalue weighted by Crippen LogP contribution is 2.47. The summed E-state index contributed by atoms with van der Waals surface area (Å²) in [5.41, 5.74) is 4.99. The maximum atomic E-state index is 2.47. The van der Waals surface area contributed by atoms with Crippen LogP contribution in [0.15, 0.2) is 103 Å². The third kappa shape index (κ3) is 2.59. The molecule has 0 saturated carbocycles. The third-order valence-electron chi connectivity index (χ3n) is 6.64. The van der Waals surface area contributed by atoms with E-state index in [0.29, 0.717) is 0 Å². The predicted octanol–water partition coefficient (Wildman–Crippen LogP) is 9.34. The van der Waals surface area contributed by atoms with Crippen LogP contribution in [0.3, 0.4) is 0 Å². The average Bonchev–Trinajstić information content (AvgIpc) is 3.41. The van der Waals surface area contributed by atoms with Gasteiger partial charge in [-0.2, -0.15) is 0 Å². The van der Waals surface area contributed by atoms with Gasteiger partial charge < -0.3 is 4.57 Å². The summed E-state index contributed by atoms with van der Waals surface area (Å²) in [6.45, 7) is 2.08. The lowest BCUT2D eigenvalue weighted by Gasteiger charge is -2.10. The minimum absolute atomic E-state index is 1.20. The van der Waals surface area contributed by atoms with E-state index in [4.69, 9.17) is 0 Å². The molecule has 7 aromatic rings. The largest absolute Gasteiger partial charge is 0.308 e. The van der Waals surface area contributed by atoms with Gasteiger partial charge in [0.15, 0.2) is 0 Å². The van der Waals surface area contributed by atoms with Crippen LogP contribution in [-0.2, 0) is 0 Å². The highest BCUT2D eigenvalue weighted by molar-refractivity contribution is 7.27. The molecule has 0 fully saturated rings. The Kier molecular flexibility index (Phi) is 3.99. The van der Waals surface area contributed by atoms with Gasteiger partial charge in [0.05, 0.1) is 15.7 Å². The van der Waals surface area contributed by atoms with Gasteiger partial charge >= 0.3 is 0 Å². The van der Waals surface area contributed by atoms with Crippen molar-refractivity contribution in [1.82, 2.24) is 4.57 Å². The Morgan fingerprint density at radius 2 is 1.36 bits per heavy atom. The normalized spacial score (nSPS) is 12.3. The number of aromatic nitrogens is 1. The number of thiophene rings is 1. The molecule has 0 amide bonds. The van der Waals surface area contributed by atoms with E-state index in [0.717, 1.165) is 0 Å². The molecule has 5 aromatic carbocycles. The molecule has 0 N–H and O–H groups in total. The third-order valence-corrected chi connectivity index (χ3v) is 7.82. The van der Waals surface area contributed by atoms with Crippen molar-refractivity contribution in [2.24, 2.45) is 0 Å². The lowest BCUT2D eigenvalue weighted by molar-refractivity contribution is 1.19. The minimum Gasteiger partial charge on any atom is -0.308 e. The van der Waals surface area contributed by atoms with Crippen molar-refractivity contribution in [3.8, 4) is 5.69 Å². The second-order valence-electron chi connectivity index (χ2n) is 8.52. The fourth-order valence-corrected chi connectivity index (χ4v) is 6.60. The maximum absolute atomic E-state index is 2.47. The van der Waals surface area contributed by atoms with E-state index in [2.05, 4.69) is 121 Å². The molecule has 0 spiro atoms. The van der Waals surface area contributed by atoms with Crippen LogP contribution in [0.4, 0.5) is 0 Å². The van der Waals surface area contributed by atoms with E-state index in [9.17, 15) is 0 Å². The molecule has 1 nitrogen and oxygen atoms in total. The van der Waals surface area contributed by atoms with Crippen LogP contribution in [0, 0.1) is 0 Å². The van der Waals surface area contributed by atoms with E-state index in [1.165, 1.54) is 64.0 Å². The summed E-state index contributed by atoms with van der Waals surface area (Å²) >= 11 is 1.91. The van der Waals surface area contributed by atoms with Crippen LogP contribution in [0.5, 0.6) is 0 Å². The molecule has 0 saturated heterocycles. The SMILES string of the molecule is C/C=C/c1ccc2c(c1)c1c3ccccc3c3c4ccccc4sc3c1n2-c1ccccc1. The summed E-state index contributed by atoms with van der Waals surface area (Å²) in [5, 5.41) is 8.01. The van der Waals surface area contributed by atoms with Crippen LogP contribution < -0.4 is 0 Å². The first-order chi connectivity index (χ1) is 16.3. The predicted molar refractivity (Wildman–Crippen MR) is 146 cm³/mol. The van der Waals surface area contributed by atoms with Crippen molar-refractivity contribution in [1.29, 1.82) is 0 Å². The second-order valence-corrected chi connectivity index (χ2v) is 9.57. The number of allylic oxidation sites excluding steroid dienone is 1. The molecule has 0 aliphatic heterocycles. The number of fused-ring (bicyclic) bond motifs is 10. The molecule has 156 valence electrons. The Morgan fingerprint density at radius 3 is 2.15 bits per heavy atom. The Hall–Kier alpha value is -3.88. The summed E-state index contributed by atoms with van der Waals surface area (Å²) < 4.78 is 5.16. The molecule has 0 bridgehead atoms. The zero-order valence-electron chi connectivity index (χ0n) is 18.2. The molecule has 0 aliphatic rings. The minimum atomic E-state index is 1.20. The zero-order chi connectivity index (χ0) is 21.9. The fraction of sp³-hybridized carbons (Fsp3) is 0.0323. The van der Waals surface area contributed by atoms with Gasteiger partial charge in [0.1, 0.15) is 0 Å². The summed E-state index contributed by atoms with van der Waals surface area (Å²) in [4.78, 5) is 0. The molecule has 2 heteroatoms. The smallest absolute Gasteiger partial charge is 0.0726 e. The number of nitrogens with zero attached hydrogens (tertiary/aromatic N) is 1. The van der Waals surface area contributed by atoms with Crippen LogP contribution in [0.25, 0.3) is 64.5 Å². The van der Waals surface area contributed by atoms with Gasteiger partial charge in [-0.05, 0) is 53.6 Å². The van der Waals surface area contributed by atoms with Crippen molar-refractivity contribution < 1.29 is 0 Å². The van der Waals surface area contributed by atoms with Crippen LogP contribution in [0.2, 0.25) is 0 Å². The average molecular weight is 440 g/mol. The van der Waals surface area contributed by atoms with Gasteiger partial charge in [0.2, 0.25) is 0 Å². The van der Waals surface area contributed by atoms with Crippen molar-refractivity contribution in [3.63, 3.8) is 0 Å². The van der Waals surface area contributed by atoms with Crippen LogP contribution in [0.1, 0.15) is 12.5 Å². The van der Waals surface area contributed by atoms with Gasteiger partial charge in [-0.25, -0.2) is 0 Å². The highest BCUT2D eigenvalue weighted by Gasteiger charge is 2.21. The fourth-order valence-electron chi connectivity index (χ4n) is 5.34. The first-order valence-corrected chi connectivity index (χ1v) is 12.1. The molecular formula is C31H21NS. The molecule has 0 atom stereocenters. The van der Waals surface area contributed by atoms with Gasteiger partial charge in [0, 0.05) is 31.9 Å². The van der Waals surface area contributed by atoms with Gasteiger partial charge in [0.25, 0.3) is 0 Å². The van der Waals surface area contributed by atoms with Crippen molar-refractivity contribution in [3.05, 3.63) is 109 Å². The first kappa shape index (κ1) is 18.7. The summed E-state index contributed by atoms with van der Waals surface area (Å²) in [5.74, 6) is 0. The second kappa shape index (κ2) is 7.06. The van der Waals surface area contributed by atoms with Crippen molar-refractivity contribution in [2.45, 2.75) is 6.92 Å². The maximum Gasteiger partial charge on any atom is 0.0726 e. The molecule has 0 aliphatic carbocycles. The number of benzene rings is 5. The Morgan fingerprint density at radius 1 is 0.667 bits per heavy atom. The van der Waals surface area contributed by atoms with Gasteiger partial charge in [-0.3, -0.25) is 0 Å². The summed E-state index contributed by atoms with van der Waals surface area (Å²) in [6.07, 6.45) is 4.30. The quantitative estimate of drug-likeness (QED) is 0.253. The zero-order valence-corrected chi connectivity index (χ0v) is 19.1. The van der Waals surface area contributed by atoms with Crippen LogP contribution in [-0.4, -0.2) is 4.57 Å². The molecule has 7 rings (SSSR count). The van der Waals surface area contributed by atoms with Crippen molar-refractivity contribution >= 4 is 70.2 Å². The number of para-hydroxylation sites is 1. The highest BCUT2D eigenvalue weighted by atomic mass is 32.1. The Balaban J connectivity index is 1.84. The number of rotatable bonds is 2. The van der Waals surface area contributed by atoms with Gasteiger partial charge in [-0.1, -0.05) is 78.9 Å². The van der Waals surface area contributed by atoms with E-state index in [1.807, 2.05) is 11.3 Å². The van der Waals surface area contributed by atoms with Crippen molar-refractivity contribution in [2.75, 3.05) is 0 Å². The molecule has 2 aromatic heterocycles. The van der Waals surface area contributed by atoms with E-state index in [1.54, 1.807) is 0 Å². The molecule has 0 unspecified atom stereocenters. The Bertz CT molecular complexity index is 1870. The number of hydrogen-bond acceptors (Lipinski definition) is 1. The van der Waals surface area contributed by atoms with E-state index >= 15 is 0 Å². The standard InChI is InChI=1S/C31H21NS/c1-2-10-20-17-18-26-25(19-20)28-22-13-6-7-14-23(22)29-24-15-8-9-16-27(24)33-31(29)30(28)32(26)21-11-4-3-5-12-21/h2-19H,1H3/b10-2+. The Labute approximate surface area is 195 Å². The summed E-state index contributed by atoms with van der Waals surface area (Å²) in [6, 6.07) is 35.4. The van der Waals surface area contributed by atoms with Crippen LogP contribution >= 0.6 is 11.3 Å². The number of hydrogen-bond donors (Lipinski definition) is 0. The first-order valence-electron chi connectivity index (χ1n) is 11.3. The summed E-state index contributed by atoms with van der Waals surface area (Å²) in [7, 11) is 0. The lowest BCUT2D eigenvalue weighted by Crippen LogP contribution is -1.93. The molecule has 33 heavy (non-hydrogen) atoms. The molecule has 2 heterocycles. The van der Waals surface area contributed by atoms with Gasteiger partial charge in [-0.15, -0.1) is 11.3 Å². The molecule has 0 radical (unpaired) electrons. The molecular weight excluding hydrogens is 418 g/mol. The van der Waals surface area contributed by atoms with E-state index < -0.39 is 0 Å². The monoisotopic (exact) mass is 439 g/mol. The lowest BCUT2D eigenvalue weighted by atomic mass is 9.98. The topological polar surface area (TPSA) is 4.93 Å².